The van der Waals surface area contributed by atoms with E-state index < -0.39 is 5.56 Å². The lowest BCUT2D eigenvalue weighted by atomic mass is 10.9. The molecule has 0 fully saturated rings. The fourth-order valence-electron chi connectivity index (χ4n) is 0.0593. The number of hydrogen-bond acceptors (Lipinski definition) is 3. The summed E-state index contributed by atoms with van der Waals surface area (Å²) < 4.78 is 0. The lowest BCUT2D eigenvalue weighted by Gasteiger charge is -1.89. The van der Waals surface area contributed by atoms with E-state index in [4.69, 9.17) is 16.5 Å². The predicted molar refractivity (Wildman–Crippen MR) is 22.2 cm³/mol. The van der Waals surface area contributed by atoms with E-state index in [-0.39, 0.29) is 0 Å². The molecule has 1 atom stereocenters. The number of halogens is 1. The van der Waals surface area contributed by atoms with Gasteiger partial charge in [-0.15, -0.1) is 4.91 Å². The van der Waals surface area contributed by atoms with Crippen LogP contribution in [0.15, 0.2) is 5.34 Å². The van der Waals surface area contributed by atoms with Crippen molar-refractivity contribution in [2.75, 3.05) is 0 Å². The third kappa shape index (κ3) is 3.69. The van der Waals surface area contributed by atoms with Crippen LogP contribution in [-0.2, 0) is 4.84 Å². The fraction of sp³-hybridized carbons (Fsp3) is 1.00. The van der Waals surface area contributed by atoms with Gasteiger partial charge < -0.3 is 4.84 Å². The molecule has 1 unspecified atom stereocenters. The summed E-state index contributed by atoms with van der Waals surface area (Å²) in [4.78, 5) is 12.9. The van der Waals surface area contributed by atoms with E-state index in [9.17, 15) is 0 Å². The van der Waals surface area contributed by atoms with Gasteiger partial charge in [-0.3, -0.25) is 0 Å². The Morgan fingerprint density at radius 3 is 2.50 bits per heavy atom. The van der Waals surface area contributed by atoms with Gasteiger partial charge in [-0.2, -0.15) is 0 Å². The summed E-state index contributed by atoms with van der Waals surface area (Å²) in [6, 6.07) is 0. The first-order valence-electron chi connectivity index (χ1n) is 1.40. The molecule has 0 N–H and O–H groups in total. The van der Waals surface area contributed by atoms with Gasteiger partial charge in [0.1, 0.15) is 0 Å². The molecule has 0 saturated heterocycles. The zero-order valence-corrected chi connectivity index (χ0v) is 3.97. The van der Waals surface area contributed by atoms with Crippen molar-refractivity contribution in [3.8, 4) is 0 Å². The topological polar surface area (TPSA) is 38.7 Å². The van der Waals surface area contributed by atoms with Crippen molar-refractivity contribution >= 4 is 11.6 Å². The SMILES string of the molecule is CC(Cl)ON=O. The monoisotopic (exact) mass is 109 g/mol. The van der Waals surface area contributed by atoms with Crippen LogP contribution in [0.4, 0.5) is 0 Å². The molecule has 0 aliphatic heterocycles. The first kappa shape index (κ1) is 5.69. The van der Waals surface area contributed by atoms with Crippen molar-refractivity contribution < 1.29 is 4.84 Å². The molecule has 0 saturated carbocycles. The third-order valence-electron chi connectivity index (χ3n) is 0.188. The van der Waals surface area contributed by atoms with Gasteiger partial charge in [0.25, 0.3) is 0 Å². The average molecular weight is 110 g/mol. The Balaban J connectivity index is 2.81. The molecule has 0 amide bonds. The van der Waals surface area contributed by atoms with E-state index in [1.165, 1.54) is 6.92 Å². The minimum atomic E-state index is -0.609. The van der Waals surface area contributed by atoms with Crippen molar-refractivity contribution in [3.63, 3.8) is 0 Å². The quantitative estimate of drug-likeness (QED) is 0.304. The minimum absolute atomic E-state index is 0.609. The Morgan fingerprint density at radius 1 is 2.00 bits per heavy atom. The Labute approximate surface area is 40.2 Å². The van der Waals surface area contributed by atoms with E-state index in [1.54, 1.807) is 0 Å². The lowest BCUT2D eigenvalue weighted by Crippen LogP contribution is -1.88. The lowest BCUT2D eigenvalue weighted by molar-refractivity contribution is 0.124. The Bertz CT molecular complexity index is 46.8. The van der Waals surface area contributed by atoms with Crippen LogP contribution in [-0.4, -0.2) is 5.56 Å². The van der Waals surface area contributed by atoms with Gasteiger partial charge in [0.15, 0.2) is 5.34 Å². The molecule has 0 aromatic carbocycles. The molecule has 3 nitrogen and oxygen atoms in total. The summed E-state index contributed by atoms with van der Waals surface area (Å²) in [7, 11) is 0. The molecule has 36 valence electrons. The van der Waals surface area contributed by atoms with Crippen molar-refractivity contribution in [3.05, 3.63) is 4.91 Å². The number of hydrogen-bond donors (Lipinski definition) is 0. The Hall–Kier alpha value is -0.310. The number of alkyl halides is 1. The van der Waals surface area contributed by atoms with Crippen molar-refractivity contribution in [2.24, 2.45) is 5.34 Å². The Morgan fingerprint density at radius 2 is 2.50 bits per heavy atom. The highest BCUT2D eigenvalue weighted by atomic mass is 35.5. The molecule has 0 aromatic heterocycles. The number of nitrogens with zero attached hydrogens (tertiary/aromatic N) is 1. The normalized spacial score (nSPS) is 13.0. The number of rotatable bonds is 2. The van der Waals surface area contributed by atoms with Gasteiger partial charge in [0.2, 0.25) is 5.56 Å². The molecular formula is C2H4ClNO2. The zero-order valence-electron chi connectivity index (χ0n) is 3.22. The third-order valence-corrected chi connectivity index (χ3v) is 0.268. The summed E-state index contributed by atoms with van der Waals surface area (Å²) in [6.45, 7) is 1.50. The summed E-state index contributed by atoms with van der Waals surface area (Å²) in [5, 5.41) is 2.05. The smallest absolute Gasteiger partial charge is 0.200 e. The minimum Gasteiger partial charge on any atom is -0.345 e. The van der Waals surface area contributed by atoms with Gasteiger partial charge in [-0.05, 0) is 6.92 Å². The van der Waals surface area contributed by atoms with Crippen molar-refractivity contribution in [1.29, 1.82) is 0 Å². The van der Waals surface area contributed by atoms with Crippen molar-refractivity contribution in [2.45, 2.75) is 12.5 Å². The summed E-state index contributed by atoms with van der Waals surface area (Å²) in [6.07, 6.45) is 0. The van der Waals surface area contributed by atoms with Crippen LogP contribution in [0.5, 0.6) is 0 Å². The highest BCUT2D eigenvalue weighted by Gasteiger charge is 1.89. The highest BCUT2D eigenvalue weighted by Crippen LogP contribution is 1.93. The predicted octanol–water partition coefficient (Wildman–Crippen LogP) is 1.27. The molecule has 0 rings (SSSR count). The molecule has 0 aromatic rings. The van der Waals surface area contributed by atoms with Gasteiger partial charge in [0.05, 0.1) is 0 Å². The maximum atomic E-state index is 9.06. The van der Waals surface area contributed by atoms with Crippen LogP contribution in [0.2, 0.25) is 0 Å². The van der Waals surface area contributed by atoms with E-state index >= 15 is 0 Å². The van der Waals surface area contributed by atoms with Crippen LogP contribution in [0.1, 0.15) is 6.92 Å². The molecule has 0 aliphatic rings. The van der Waals surface area contributed by atoms with Gasteiger partial charge in [-0.1, -0.05) is 11.6 Å². The molecule has 6 heavy (non-hydrogen) atoms. The maximum absolute atomic E-state index is 9.06. The molecule has 4 heteroatoms. The molecular weight excluding hydrogens is 105 g/mol. The summed E-state index contributed by atoms with van der Waals surface area (Å²) >= 11 is 5.06. The van der Waals surface area contributed by atoms with Crippen LogP contribution in [0, 0.1) is 4.91 Å². The van der Waals surface area contributed by atoms with Crippen molar-refractivity contribution in [1.82, 2.24) is 0 Å². The van der Waals surface area contributed by atoms with Crippen LogP contribution >= 0.6 is 11.6 Å². The fourth-order valence-corrected chi connectivity index (χ4v) is 0.0918. The van der Waals surface area contributed by atoms with E-state index in [2.05, 4.69) is 10.2 Å². The summed E-state index contributed by atoms with van der Waals surface area (Å²) in [5.74, 6) is 0. The second-order valence-electron chi connectivity index (χ2n) is 0.723. The molecule has 0 aliphatic carbocycles. The molecule has 0 heterocycles. The van der Waals surface area contributed by atoms with Crippen LogP contribution in [0.25, 0.3) is 0 Å². The standard InChI is InChI=1S/C2H4ClNO2/c1-2(3)6-4-5/h2H,1H3. The van der Waals surface area contributed by atoms with Crippen LogP contribution in [0.3, 0.4) is 0 Å². The average Bonchev–Trinajstić information content (AvgIpc) is 1.35. The van der Waals surface area contributed by atoms with Gasteiger partial charge in [-0.25, -0.2) is 0 Å². The maximum Gasteiger partial charge on any atom is 0.200 e. The molecule has 0 bridgehead atoms. The van der Waals surface area contributed by atoms with Crippen LogP contribution < -0.4 is 0 Å². The molecule has 0 radical (unpaired) electrons. The summed E-state index contributed by atoms with van der Waals surface area (Å²) in [5.41, 5.74) is -0.609. The van der Waals surface area contributed by atoms with E-state index in [0.717, 1.165) is 0 Å². The Kier molecular flexibility index (Phi) is 2.75. The second kappa shape index (κ2) is 2.90. The first-order chi connectivity index (χ1) is 2.77. The zero-order chi connectivity index (χ0) is 4.99. The van der Waals surface area contributed by atoms with E-state index in [0.29, 0.717) is 0 Å². The van der Waals surface area contributed by atoms with Gasteiger partial charge >= 0.3 is 0 Å². The first-order valence-corrected chi connectivity index (χ1v) is 1.83. The highest BCUT2D eigenvalue weighted by molar-refractivity contribution is 6.19. The second-order valence-corrected chi connectivity index (χ2v) is 1.34. The van der Waals surface area contributed by atoms with Gasteiger partial charge in [0, 0.05) is 0 Å². The molecule has 0 spiro atoms. The largest absolute Gasteiger partial charge is 0.345 e. The van der Waals surface area contributed by atoms with E-state index in [1.807, 2.05) is 0 Å².